The van der Waals surface area contributed by atoms with Gasteiger partial charge in [0.15, 0.2) is 0 Å². The zero-order chi connectivity index (χ0) is 13.1. The number of hydrogen-bond donors (Lipinski definition) is 1. The van der Waals surface area contributed by atoms with Crippen molar-refractivity contribution in [1.82, 2.24) is 0 Å². The van der Waals surface area contributed by atoms with Gasteiger partial charge in [-0.25, -0.2) is 4.39 Å². The third-order valence-electron chi connectivity index (χ3n) is 3.67. The van der Waals surface area contributed by atoms with E-state index in [1.54, 1.807) is 17.0 Å². The minimum absolute atomic E-state index is 0.161. The second-order valence-corrected chi connectivity index (χ2v) is 6.00. The van der Waals surface area contributed by atoms with E-state index >= 15 is 0 Å². The Balaban J connectivity index is 1.56. The van der Waals surface area contributed by atoms with Gasteiger partial charge in [0.25, 0.3) is 0 Å². The first-order valence-electron chi connectivity index (χ1n) is 6.68. The van der Waals surface area contributed by atoms with E-state index in [9.17, 15) is 4.39 Å². The van der Waals surface area contributed by atoms with Gasteiger partial charge in [-0.2, -0.15) is 0 Å². The zero-order valence-corrected chi connectivity index (χ0v) is 11.6. The van der Waals surface area contributed by atoms with Crippen molar-refractivity contribution < 1.29 is 9.29 Å². The summed E-state index contributed by atoms with van der Waals surface area (Å²) in [6.45, 7) is 5.53. The largest absolute Gasteiger partial charge is 0.360 e. The van der Waals surface area contributed by atoms with Crippen LogP contribution in [0.1, 0.15) is 4.88 Å². The van der Waals surface area contributed by atoms with Gasteiger partial charge in [-0.3, -0.25) is 0 Å². The Kier molecular flexibility index (Phi) is 3.80. The lowest BCUT2D eigenvalue weighted by Gasteiger charge is -2.33. The smallest absolute Gasteiger partial charge is 0.123 e. The van der Waals surface area contributed by atoms with Gasteiger partial charge in [0.1, 0.15) is 12.4 Å². The number of benzene rings is 1. The number of nitrogens with one attached hydrogen (secondary N) is 1. The van der Waals surface area contributed by atoms with Crippen LogP contribution in [0, 0.1) is 5.82 Å². The molecule has 1 aliphatic heterocycles. The van der Waals surface area contributed by atoms with E-state index in [-0.39, 0.29) is 5.82 Å². The maximum absolute atomic E-state index is 12.9. The van der Waals surface area contributed by atoms with Gasteiger partial charge in [-0.15, -0.1) is 11.3 Å². The molecule has 2 nitrogen and oxygen atoms in total. The van der Waals surface area contributed by atoms with Crippen LogP contribution in [0.25, 0.3) is 0 Å². The minimum Gasteiger partial charge on any atom is -0.360 e. The molecule has 1 N–H and O–H groups in total. The number of piperazine rings is 1. The van der Waals surface area contributed by atoms with E-state index in [0.717, 1.165) is 38.4 Å². The van der Waals surface area contributed by atoms with Gasteiger partial charge >= 0.3 is 0 Å². The summed E-state index contributed by atoms with van der Waals surface area (Å²) >= 11 is 1.84. The Morgan fingerprint density at radius 3 is 2.47 bits per heavy atom. The molecule has 2 heterocycles. The molecule has 1 fully saturated rings. The van der Waals surface area contributed by atoms with Crippen molar-refractivity contribution in [3.8, 4) is 0 Å². The van der Waals surface area contributed by atoms with Crippen LogP contribution in [-0.4, -0.2) is 26.2 Å². The standard InChI is InChI=1S/C15H17FN2S/c16-13-3-5-14(6-4-13)18-9-7-17(8-10-18)12-15-2-1-11-19-15/h1-6,11H,7-10,12H2/p+1. The highest BCUT2D eigenvalue weighted by molar-refractivity contribution is 7.09. The fraction of sp³-hybridized carbons (Fsp3) is 0.333. The zero-order valence-electron chi connectivity index (χ0n) is 10.8. The molecule has 3 rings (SSSR count). The van der Waals surface area contributed by atoms with Crippen molar-refractivity contribution in [3.63, 3.8) is 0 Å². The lowest BCUT2D eigenvalue weighted by molar-refractivity contribution is -0.914. The Labute approximate surface area is 117 Å². The monoisotopic (exact) mass is 277 g/mol. The number of hydrogen-bond acceptors (Lipinski definition) is 2. The molecule has 0 radical (unpaired) electrons. The molecule has 1 aromatic carbocycles. The Morgan fingerprint density at radius 1 is 1.11 bits per heavy atom. The summed E-state index contributed by atoms with van der Waals surface area (Å²) in [6, 6.07) is 11.2. The van der Waals surface area contributed by atoms with Gasteiger partial charge in [0.05, 0.1) is 31.1 Å². The van der Waals surface area contributed by atoms with Crippen LogP contribution in [0.4, 0.5) is 10.1 Å². The van der Waals surface area contributed by atoms with Gasteiger partial charge in [0.2, 0.25) is 0 Å². The van der Waals surface area contributed by atoms with Gasteiger partial charge in [0, 0.05) is 5.69 Å². The average molecular weight is 277 g/mol. The van der Waals surface area contributed by atoms with E-state index in [1.807, 2.05) is 23.5 Å². The average Bonchev–Trinajstić information content (AvgIpc) is 2.94. The molecule has 0 atom stereocenters. The molecule has 1 aliphatic rings. The third-order valence-corrected chi connectivity index (χ3v) is 4.54. The summed E-state index contributed by atoms with van der Waals surface area (Å²) in [5.41, 5.74) is 1.14. The second kappa shape index (κ2) is 5.72. The van der Waals surface area contributed by atoms with Crippen LogP contribution in [0.2, 0.25) is 0 Å². The van der Waals surface area contributed by atoms with E-state index in [0.29, 0.717) is 0 Å². The molecule has 19 heavy (non-hydrogen) atoms. The maximum atomic E-state index is 12.9. The Hall–Kier alpha value is -1.39. The third kappa shape index (κ3) is 3.14. The predicted octanol–water partition coefficient (Wildman–Crippen LogP) is 1.79. The minimum atomic E-state index is -0.161. The molecule has 1 aromatic heterocycles. The highest BCUT2D eigenvalue weighted by atomic mass is 32.1. The summed E-state index contributed by atoms with van der Waals surface area (Å²) in [6.07, 6.45) is 0. The van der Waals surface area contributed by atoms with Gasteiger partial charge in [-0.05, 0) is 35.7 Å². The number of thiophene rings is 1. The fourth-order valence-electron chi connectivity index (χ4n) is 2.57. The number of nitrogens with zero attached hydrogens (tertiary/aromatic N) is 1. The first-order valence-corrected chi connectivity index (χ1v) is 7.56. The summed E-state index contributed by atoms with van der Waals surface area (Å²) in [7, 11) is 0. The molecule has 0 spiro atoms. The van der Waals surface area contributed by atoms with Crippen LogP contribution in [0.3, 0.4) is 0 Å². The van der Waals surface area contributed by atoms with Crippen molar-refractivity contribution in [1.29, 1.82) is 0 Å². The first kappa shape index (κ1) is 12.6. The molecule has 0 amide bonds. The van der Waals surface area contributed by atoms with Crippen molar-refractivity contribution >= 4 is 17.0 Å². The van der Waals surface area contributed by atoms with Crippen LogP contribution in [0.5, 0.6) is 0 Å². The fourth-order valence-corrected chi connectivity index (χ4v) is 3.35. The maximum Gasteiger partial charge on any atom is 0.123 e. The summed E-state index contributed by atoms with van der Waals surface area (Å²) in [5.74, 6) is -0.161. The van der Waals surface area contributed by atoms with Crippen LogP contribution in [-0.2, 0) is 6.54 Å². The van der Waals surface area contributed by atoms with Gasteiger partial charge < -0.3 is 9.80 Å². The van der Waals surface area contributed by atoms with Crippen molar-refractivity contribution in [3.05, 3.63) is 52.5 Å². The van der Waals surface area contributed by atoms with E-state index in [4.69, 9.17) is 0 Å². The molecule has 0 aliphatic carbocycles. The summed E-state index contributed by atoms with van der Waals surface area (Å²) in [4.78, 5) is 5.45. The molecule has 2 aromatic rings. The van der Waals surface area contributed by atoms with Crippen LogP contribution < -0.4 is 9.80 Å². The van der Waals surface area contributed by atoms with Crippen LogP contribution in [0.15, 0.2) is 41.8 Å². The number of rotatable bonds is 3. The second-order valence-electron chi connectivity index (χ2n) is 4.97. The SMILES string of the molecule is Fc1ccc(N2CC[NH+](Cc3cccs3)CC2)cc1. The van der Waals surface area contributed by atoms with E-state index < -0.39 is 0 Å². The molecule has 4 heteroatoms. The normalized spacial score (nSPS) is 16.8. The van der Waals surface area contributed by atoms with Crippen molar-refractivity contribution in [2.45, 2.75) is 6.54 Å². The van der Waals surface area contributed by atoms with Crippen LogP contribution >= 0.6 is 11.3 Å². The summed E-state index contributed by atoms with van der Waals surface area (Å²) < 4.78 is 12.9. The topological polar surface area (TPSA) is 7.68 Å². The highest BCUT2D eigenvalue weighted by Gasteiger charge is 2.20. The first-order chi connectivity index (χ1) is 9.31. The molecule has 0 saturated carbocycles. The van der Waals surface area contributed by atoms with E-state index in [1.165, 1.54) is 4.88 Å². The number of halogens is 1. The Bertz CT molecular complexity index is 501. The molecule has 0 unspecified atom stereocenters. The lowest BCUT2D eigenvalue weighted by atomic mass is 10.2. The summed E-state index contributed by atoms with van der Waals surface area (Å²) in [5, 5.41) is 2.14. The van der Waals surface area contributed by atoms with Crippen molar-refractivity contribution in [2.75, 3.05) is 31.1 Å². The Morgan fingerprint density at radius 2 is 1.84 bits per heavy atom. The van der Waals surface area contributed by atoms with Crippen molar-refractivity contribution in [2.24, 2.45) is 0 Å². The lowest BCUT2D eigenvalue weighted by Crippen LogP contribution is -3.13. The van der Waals surface area contributed by atoms with E-state index in [2.05, 4.69) is 22.4 Å². The molecular formula is C15H18FN2S+. The molecule has 100 valence electrons. The number of quaternary nitrogens is 1. The molecule has 1 saturated heterocycles. The molecule has 0 bridgehead atoms. The number of anilines is 1. The quantitative estimate of drug-likeness (QED) is 0.899. The predicted molar refractivity (Wildman–Crippen MR) is 77.3 cm³/mol. The van der Waals surface area contributed by atoms with Gasteiger partial charge in [-0.1, -0.05) is 6.07 Å². The highest BCUT2D eigenvalue weighted by Crippen LogP contribution is 2.14. The molecular weight excluding hydrogens is 259 g/mol.